The van der Waals surface area contributed by atoms with Gasteiger partial charge in [-0.05, 0) is 83.1 Å². The zero-order valence-corrected chi connectivity index (χ0v) is 20.0. The lowest BCUT2D eigenvalue weighted by atomic mass is 9.94. The number of methoxy groups -OCH3 is 1. The van der Waals surface area contributed by atoms with Crippen molar-refractivity contribution in [1.82, 2.24) is 4.90 Å². The van der Waals surface area contributed by atoms with Crippen molar-refractivity contribution in [3.05, 3.63) is 56.3 Å². The summed E-state index contributed by atoms with van der Waals surface area (Å²) in [6, 6.07) is 9.88. The van der Waals surface area contributed by atoms with Crippen LogP contribution in [0.5, 0.6) is 11.5 Å². The number of halogens is 2. The highest BCUT2D eigenvalue weighted by Gasteiger charge is 2.38. The number of amidine groups is 1. The van der Waals surface area contributed by atoms with Gasteiger partial charge in [-0.15, -0.1) is 0 Å². The van der Waals surface area contributed by atoms with Crippen molar-refractivity contribution in [2.75, 3.05) is 7.11 Å². The number of phenolic OH excluding ortho intramolecular Hbond substituents is 1. The summed E-state index contributed by atoms with van der Waals surface area (Å²) in [5.74, 6) is -0.115. The highest BCUT2D eigenvalue weighted by atomic mass is 127. The Bertz CT molecular complexity index is 1070. The number of aliphatic imine (C=N–C) groups is 1. The molecule has 2 aromatic rings. The SMILES string of the molecule is COc1cc(/C=C2\SC(=Nc3ccccc3F)N(C3CCCCC3)C2=O)cc(I)c1O. The summed E-state index contributed by atoms with van der Waals surface area (Å²) in [5.41, 5.74) is 0.964. The number of hydrogen-bond donors (Lipinski definition) is 1. The van der Waals surface area contributed by atoms with Gasteiger partial charge in [0.1, 0.15) is 11.5 Å². The lowest BCUT2D eigenvalue weighted by Crippen LogP contribution is -2.40. The van der Waals surface area contributed by atoms with Gasteiger partial charge in [-0.2, -0.15) is 0 Å². The molecule has 1 aliphatic carbocycles. The van der Waals surface area contributed by atoms with Crippen LogP contribution in [0.1, 0.15) is 37.7 Å². The van der Waals surface area contributed by atoms with Gasteiger partial charge in [0, 0.05) is 6.04 Å². The van der Waals surface area contributed by atoms with Crippen molar-refractivity contribution in [2.24, 2.45) is 4.99 Å². The number of thioether (sulfide) groups is 1. The summed E-state index contributed by atoms with van der Waals surface area (Å²) >= 11 is 3.28. The second-order valence-corrected chi connectivity index (χ2v) is 9.65. The van der Waals surface area contributed by atoms with E-state index in [2.05, 4.69) is 4.99 Å². The predicted molar refractivity (Wildman–Crippen MR) is 130 cm³/mol. The number of aromatic hydroxyl groups is 1. The van der Waals surface area contributed by atoms with E-state index in [0.717, 1.165) is 31.2 Å². The van der Waals surface area contributed by atoms with Gasteiger partial charge in [-0.1, -0.05) is 31.4 Å². The van der Waals surface area contributed by atoms with Gasteiger partial charge < -0.3 is 9.84 Å². The van der Waals surface area contributed by atoms with E-state index in [1.807, 2.05) is 22.6 Å². The summed E-state index contributed by atoms with van der Waals surface area (Å²) in [4.78, 5) is 20.2. The van der Waals surface area contributed by atoms with Gasteiger partial charge >= 0.3 is 0 Å². The molecule has 1 saturated heterocycles. The molecule has 1 amide bonds. The van der Waals surface area contributed by atoms with Crippen LogP contribution in [0.2, 0.25) is 0 Å². The Kier molecular flexibility index (Phi) is 6.86. The fourth-order valence-electron chi connectivity index (χ4n) is 3.86. The second-order valence-electron chi connectivity index (χ2n) is 7.48. The molecule has 0 atom stereocenters. The topological polar surface area (TPSA) is 62.1 Å². The van der Waals surface area contributed by atoms with Gasteiger partial charge in [0.05, 0.1) is 15.6 Å². The van der Waals surface area contributed by atoms with Crippen molar-refractivity contribution >= 4 is 57.2 Å². The van der Waals surface area contributed by atoms with Gasteiger partial charge in [0.15, 0.2) is 16.7 Å². The molecule has 8 heteroatoms. The summed E-state index contributed by atoms with van der Waals surface area (Å²) in [7, 11) is 1.49. The molecule has 162 valence electrons. The van der Waals surface area contributed by atoms with E-state index in [1.54, 1.807) is 41.3 Å². The molecule has 0 bridgehead atoms. The molecule has 0 aromatic heterocycles. The van der Waals surface area contributed by atoms with Crippen LogP contribution in [-0.4, -0.2) is 34.2 Å². The molecular formula is C23H22FIN2O3S. The third-order valence-corrected chi connectivity index (χ3v) is 7.22. The van der Waals surface area contributed by atoms with Gasteiger partial charge in [-0.25, -0.2) is 9.38 Å². The molecule has 0 spiro atoms. The number of carbonyl (C=O) groups is 1. The summed E-state index contributed by atoms with van der Waals surface area (Å²) < 4.78 is 20.1. The van der Waals surface area contributed by atoms with Crippen LogP contribution in [0.15, 0.2) is 46.3 Å². The molecule has 0 radical (unpaired) electrons. The first kappa shape index (κ1) is 22.1. The van der Waals surface area contributed by atoms with Gasteiger partial charge in [0.25, 0.3) is 5.91 Å². The number of amides is 1. The average Bonchev–Trinajstić information content (AvgIpc) is 3.07. The fourth-order valence-corrected chi connectivity index (χ4v) is 5.53. The first-order valence-corrected chi connectivity index (χ1v) is 12.0. The molecule has 1 heterocycles. The lowest BCUT2D eigenvalue weighted by Gasteiger charge is -2.30. The maximum absolute atomic E-state index is 14.2. The Morgan fingerprint density at radius 2 is 2.00 bits per heavy atom. The lowest BCUT2D eigenvalue weighted by molar-refractivity contribution is -0.124. The number of benzene rings is 2. The molecule has 31 heavy (non-hydrogen) atoms. The third-order valence-electron chi connectivity index (χ3n) is 5.41. The van der Waals surface area contributed by atoms with Crippen LogP contribution >= 0.6 is 34.4 Å². The molecule has 2 fully saturated rings. The predicted octanol–water partition coefficient (Wildman–Crippen LogP) is 6.08. The van der Waals surface area contributed by atoms with E-state index >= 15 is 0 Å². The Morgan fingerprint density at radius 1 is 1.26 bits per heavy atom. The van der Waals surface area contributed by atoms with Crippen LogP contribution in [-0.2, 0) is 4.79 Å². The molecule has 0 unspecified atom stereocenters. The number of hydrogen-bond acceptors (Lipinski definition) is 5. The quantitative estimate of drug-likeness (QED) is 0.369. The summed E-state index contributed by atoms with van der Waals surface area (Å²) in [6.45, 7) is 0. The highest BCUT2D eigenvalue weighted by molar-refractivity contribution is 14.1. The molecule has 1 N–H and O–H groups in total. The van der Waals surface area contributed by atoms with E-state index < -0.39 is 5.82 Å². The zero-order chi connectivity index (χ0) is 22.0. The Labute approximate surface area is 198 Å². The Balaban J connectivity index is 1.74. The smallest absolute Gasteiger partial charge is 0.267 e. The normalized spacial score (nSPS) is 20.1. The number of phenols is 1. The van der Waals surface area contributed by atoms with E-state index in [-0.39, 0.29) is 23.4 Å². The van der Waals surface area contributed by atoms with E-state index in [9.17, 15) is 14.3 Å². The molecule has 1 saturated carbocycles. The van der Waals surface area contributed by atoms with Crippen LogP contribution < -0.4 is 4.74 Å². The Hall–Kier alpha value is -2.07. The first-order valence-electron chi connectivity index (χ1n) is 10.1. The van der Waals surface area contributed by atoms with Gasteiger partial charge in [0.2, 0.25) is 0 Å². The largest absolute Gasteiger partial charge is 0.504 e. The van der Waals surface area contributed by atoms with Crippen molar-refractivity contribution in [1.29, 1.82) is 0 Å². The zero-order valence-electron chi connectivity index (χ0n) is 17.0. The van der Waals surface area contributed by atoms with Crippen LogP contribution in [0, 0.1) is 9.39 Å². The monoisotopic (exact) mass is 552 g/mol. The van der Waals surface area contributed by atoms with E-state index in [0.29, 0.717) is 19.4 Å². The number of nitrogens with zero attached hydrogens (tertiary/aromatic N) is 2. The second kappa shape index (κ2) is 9.60. The number of ether oxygens (including phenoxy) is 1. The minimum Gasteiger partial charge on any atom is -0.504 e. The summed E-state index contributed by atoms with van der Waals surface area (Å²) in [5, 5.41) is 10.6. The fraction of sp³-hybridized carbons (Fsp3) is 0.304. The molecule has 1 aliphatic heterocycles. The van der Waals surface area contributed by atoms with Crippen molar-refractivity contribution in [2.45, 2.75) is 38.1 Å². The molecule has 4 rings (SSSR count). The maximum atomic E-state index is 14.2. The highest BCUT2D eigenvalue weighted by Crippen LogP contribution is 2.40. The van der Waals surface area contributed by atoms with E-state index in [1.165, 1.54) is 31.4 Å². The van der Waals surface area contributed by atoms with Crippen molar-refractivity contribution < 1.29 is 19.0 Å². The number of para-hydroxylation sites is 1. The van der Waals surface area contributed by atoms with Crippen molar-refractivity contribution in [3.63, 3.8) is 0 Å². The van der Waals surface area contributed by atoms with Crippen molar-refractivity contribution in [3.8, 4) is 11.5 Å². The van der Waals surface area contributed by atoms with E-state index in [4.69, 9.17) is 4.74 Å². The summed E-state index contributed by atoms with van der Waals surface area (Å²) in [6.07, 6.45) is 6.91. The van der Waals surface area contributed by atoms with Crippen LogP contribution in [0.4, 0.5) is 10.1 Å². The molecule has 2 aliphatic rings. The third kappa shape index (κ3) is 4.74. The van der Waals surface area contributed by atoms with Crippen LogP contribution in [0.25, 0.3) is 6.08 Å². The minimum absolute atomic E-state index is 0.0691. The molecular weight excluding hydrogens is 530 g/mol. The minimum atomic E-state index is -0.415. The van der Waals surface area contributed by atoms with Gasteiger partial charge in [-0.3, -0.25) is 9.69 Å². The van der Waals surface area contributed by atoms with Crippen LogP contribution in [0.3, 0.4) is 0 Å². The maximum Gasteiger partial charge on any atom is 0.267 e. The first-order chi connectivity index (χ1) is 15.0. The average molecular weight is 552 g/mol. The number of carbonyl (C=O) groups excluding carboxylic acids is 1. The number of rotatable bonds is 4. The molecule has 2 aromatic carbocycles. The standard InChI is InChI=1S/C23H22FIN2O3S/c1-30-19-12-14(11-17(25)21(19)28)13-20-22(29)27(15-7-3-2-4-8-15)23(31-20)26-18-10-6-5-9-16(18)24/h5-6,9-13,15,28H,2-4,7-8H2,1H3/b20-13-,26-23?. The Morgan fingerprint density at radius 3 is 2.71 bits per heavy atom. The molecule has 5 nitrogen and oxygen atoms in total.